The topological polar surface area (TPSA) is 103 Å². The van der Waals surface area contributed by atoms with E-state index >= 15 is 0 Å². The summed E-state index contributed by atoms with van der Waals surface area (Å²) in [5.41, 5.74) is 9.18. The van der Waals surface area contributed by atoms with Gasteiger partial charge in [0.25, 0.3) is 0 Å². The number of carbonyl (C=O) groups is 2. The summed E-state index contributed by atoms with van der Waals surface area (Å²) in [4.78, 5) is 32.3. The second kappa shape index (κ2) is 10.00. The van der Waals surface area contributed by atoms with Crippen molar-refractivity contribution in [1.82, 2.24) is 9.88 Å². The number of aryl methyl sites for hydroxylation is 1. The van der Waals surface area contributed by atoms with E-state index in [-0.39, 0.29) is 5.91 Å². The quantitative estimate of drug-likeness (QED) is 0.285. The molecule has 35 heavy (non-hydrogen) atoms. The fourth-order valence-corrected chi connectivity index (χ4v) is 5.56. The lowest BCUT2D eigenvalue weighted by molar-refractivity contribution is -0.126. The number of furan rings is 1. The SMILES string of the molecule is Cc1oc(C2CC=CC2)nc1CSc1cc2c(cc1C(N)=O)CCN(C(=O)/C=C/c1ccco1)C2. The molecule has 0 fully saturated rings. The molecule has 7 nitrogen and oxygen atoms in total. The Morgan fingerprint density at radius 2 is 2.09 bits per heavy atom. The zero-order valence-electron chi connectivity index (χ0n) is 19.5. The lowest BCUT2D eigenvalue weighted by Gasteiger charge is -2.29. The molecular formula is C27H27N3O4S. The molecule has 0 spiro atoms. The highest BCUT2D eigenvalue weighted by atomic mass is 32.2. The third kappa shape index (κ3) is 5.12. The van der Waals surface area contributed by atoms with Crippen LogP contribution in [0.1, 0.15) is 63.3 Å². The number of carbonyl (C=O) groups excluding carboxylic acids is 2. The fourth-order valence-electron chi connectivity index (χ4n) is 4.46. The maximum Gasteiger partial charge on any atom is 0.249 e. The average Bonchev–Trinajstić information content (AvgIpc) is 3.62. The number of amides is 2. The number of aromatic nitrogens is 1. The molecule has 5 rings (SSSR count). The van der Waals surface area contributed by atoms with Crippen molar-refractivity contribution in [3.05, 3.63) is 88.6 Å². The van der Waals surface area contributed by atoms with E-state index in [1.165, 1.54) is 17.8 Å². The van der Waals surface area contributed by atoms with Gasteiger partial charge in [-0.25, -0.2) is 4.98 Å². The van der Waals surface area contributed by atoms with Crippen molar-refractivity contribution in [1.29, 1.82) is 0 Å². The molecule has 0 unspecified atom stereocenters. The molecule has 2 aliphatic rings. The minimum absolute atomic E-state index is 0.0765. The van der Waals surface area contributed by atoms with Crippen LogP contribution in [-0.2, 0) is 23.5 Å². The Balaban J connectivity index is 1.32. The lowest BCUT2D eigenvalue weighted by Crippen LogP contribution is -2.35. The Hall–Kier alpha value is -3.52. The number of hydrogen-bond acceptors (Lipinski definition) is 6. The van der Waals surface area contributed by atoms with Gasteiger partial charge in [-0.3, -0.25) is 9.59 Å². The molecule has 0 saturated heterocycles. The van der Waals surface area contributed by atoms with Crippen molar-refractivity contribution in [3.8, 4) is 0 Å². The lowest BCUT2D eigenvalue weighted by atomic mass is 9.97. The van der Waals surface area contributed by atoms with Gasteiger partial charge in [0.15, 0.2) is 5.89 Å². The number of oxazole rings is 1. The van der Waals surface area contributed by atoms with E-state index in [2.05, 4.69) is 12.2 Å². The molecule has 1 aliphatic heterocycles. The summed E-state index contributed by atoms with van der Waals surface area (Å²) in [7, 11) is 0. The molecule has 0 radical (unpaired) electrons. The normalized spacial score (nSPS) is 15.7. The second-order valence-corrected chi connectivity index (χ2v) is 9.84. The molecular weight excluding hydrogens is 462 g/mol. The van der Waals surface area contributed by atoms with Gasteiger partial charge in [0.2, 0.25) is 11.8 Å². The van der Waals surface area contributed by atoms with Crippen LogP contribution in [0.3, 0.4) is 0 Å². The van der Waals surface area contributed by atoms with Crippen LogP contribution in [0.4, 0.5) is 0 Å². The summed E-state index contributed by atoms with van der Waals surface area (Å²) in [6.07, 6.45) is 11.7. The monoisotopic (exact) mass is 489 g/mol. The van der Waals surface area contributed by atoms with Crippen LogP contribution in [-0.4, -0.2) is 28.2 Å². The highest BCUT2D eigenvalue weighted by Crippen LogP contribution is 2.34. The maximum atomic E-state index is 12.7. The van der Waals surface area contributed by atoms with E-state index in [9.17, 15) is 9.59 Å². The van der Waals surface area contributed by atoms with Crippen molar-refractivity contribution < 1.29 is 18.4 Å². The summed E-state index contributed by atoms with van der Waals surface area (Å²) >= 11 is 1.52. The summed E-state index contributed by atoms with van der Waals surface area (Å²) < 4.78 is 11.2. The number of benzene rings is 1. The predicted molar refractivity (Wildman–Crippen MR) is 134 cm³/mol. The smallest absolute Gasteiger partial charge is 0.249 e. The molecule has 180 valence electrons. The van der Waals surface area contributed by atoms with Crippen LogP contribution in [0, 0.1) is 6.92 Å². The van der Waals surface area contributed by atoms with Gasteiger partial charge in [0, 0.05) is 35.7 Å². The molecule has 3 heterocycles. The number of allylic oxidation sites excluding steroid dienone is 2. The molecule has 0 saturated carbocycles. The van der Waals surface area contributed by atoms with Gasteiger partial charge in [-0.15, -0.1) is 11.8 Å². The fraction of sp³-hybridized carbons (Fsp3) is 0.296. The third-order valence-corrected chi connectivity index (χ3v) is 7.52. The first-order chi connectivity index (χ1) is 17.0. The van der Waals surface area contributed by atoms with Crippen LogP contribution < -0.4 is 5.73 Å². The van der Waals surface area contributed by atoms with Crippen LogP contribution in [0.15, 0.2) is 62.5 Å². The van der Waals surface area contributed by atoms with E-state index < -0.39 is 5.91 Å². The van der Waals surface area contributed by atoms with E-state index in [1.54, 1.807) is 29.4 Å². The molecule has 2 amide bonds. The highest BCUT2D eigenvalue weighted by Gasteiger charge is 2.24. The molecule has 2 aromatic heterocycles. The zero-order valence-corrected chi connectivity index (χ0v) is 20.3. The third-order valence-electron chi connectivity index (χ3n) is 6.46. The van der Waals surface area contributed by atoms with Crippen molar-refractivity contribution in [3.63, 3.8) is 0 Å². The number of rotatable bonds is 7. The van der Waals surface area contributed by atoms with E-state index in [4.69, 9.17) is 19.6 Å². The molecule has 1 aliphatic carbocycles. The van der Waals surface area contributed by atoms with Gasteiger partial charge in [-0.2, -0.15) is 0 Å². The van der Waals surface area contributed by atoms with Crippen LogP contribution in [0.5, 0.6) is 0 Å². The predicted octanol–water partition coefficient (Wildman–Crippen LogP) is 5.00. The number of thioether (sulfide) groups is 1. The van der Waals surface area contributed by atoms with E-state index in [1.807, 2.05) is 19.1 Å². The molecule has 0 bridgehead atoms. The van der Waals surface area contributed by atoms with Gasteiger partial charge >= 0.3 is 0 Å². The first-order valence-corrected chi connectivity index (χ1v) is 12.7. The second-order valence-electron chi connectivity index (χ2n) is 8.82. The average molecular weight is 490 g/mol. The Labute approximate surface area is 208 Å². The Bertz CT molecular complexity index is 1300. The van der Waals surface area contributed by atoms with Gasteiger partial charge in [0.05, 0.1) is 17.5 Å². The van der Waals surface area contributed by atoms with Crippen molar-refractivity contribution in [2.45, 2.75) is 49.3 Å². The Kier molecular flexibility index (Phi) is 6.63. The highest BCUT2D eigenvalue weighted by molar-refractivity contribution is 7.98. The van der Waals surface area contributed by atoms with Crippen LogP contribution >= 0.6 is 11.8 Å². The van der Waals surface area contributed by atoms with Gasteiger partial charge in [-0.1, -0.05) is 12.2 Å². The van der Waals surface area contributed by atoms with Crippen molar-refractivity contribution in [2.75, 3.05) is 6.54 Å². The first-order valence-electron chi connectivity index (χ1n) is 11.7. The molecule has 2 N–H and O–H groups in total. The van der Waals surface area contributed by atoms with Crippen molar-refractivity contribution >= 4 is 29.7 Å². The summed E-state index contributed by atoms with van der Waals surface area (Å²) in [5.74, 6) is 2.57. The molecule has 3 aromatic rings. The number of fused-ring (bicyclic) bond motifs is 1. The number of primary amides is 1. The number of nitrogens with two attached hydrogens (primary N) is 1. The van der Waals surface area contributed by atoms with Gasteiger partial charge in [-0.05, 0) is 67.7 Å². The van der Waals surface area contributed by atoms with Crippen LogP contribution in [0.25, 0.3) is 6.08 Å². The van der Waals surface area contributed by atoms with Crippen LogP contribution in [0.2, 0.25) is 0 Å². The summed E-state index contributed by atoms with van der Waals surface area (Å²) in [6.45, 7) is 2.98. The number of nitrogens with zero attached hydrogens (tertiary/aromatic N) is 2. The Morgan fingerprint density at radius 3 is 2.83 bits per heavy atom. The largest absolute Gasteiger partial charge is 0.465 e. The molecule has 0 atom stereocenters. The minimum atomic E-state index is -0.454. The molecule has 1 aromatic carbocycles. The van der Waals surface area contributed by atoms with Gasteiger partial charge < -0.3 is 19.5 Å². The Morgan fingerprint density at radius 1 is 1.26 bits per heavy atom. The van der Waals surface area contributed by atoms with Gasteiger partial charge in [0.1, 0.15) is 11.5 Å². The maximum absolute atomic E-state index is 12.7. The first kappa shape index (κ1) is 23.2. The molecule has 8 heteroatoms. The van der Waals surface area contributed by atoms with E-state index in [0.717, 1.165) is 46.2 Å². The standard InChI is InChI=1S/C27H27N3O4S/c1-17-23(29-27(34-17)18-5-2-3-6-18)16-35-24-14-20-15-30(11-10-19(20)13-22(24)26(28)32)25(31)9-8-21-7-4-12-33-21/h2-4,7-9,12-14,18H,5-6,10-11,15-16H2,1H3,(H2,28,32)/b9-8+. The minimum Gasteiger partial charge on any atom is -0.465 e. The van der Waals surface area contributed by atoms with E-state index in [0.29, 0.717) is 42.5 Å². The number of hydrogen-bond donors (Lipinski definition) is 1. The summed E-state index contributed by atoms with van der Waals surface area (Å²) in [5, 5.41) is 0. The zero-order chi connectivity index (χ0) is 24.4. The van der Waals surface area contributed by atoms with Crippen molar-refractivity contribution in [2.24, 2.45) is 5.73 Å². The summed E-state index contributed by atoms with van der Waals surface area (Å²) in [6, 6.07) is 7.46.